The van der Waals surface area contributed by atoms with E-state index in [2.05, 4.69) is 20.2 Å². The molecule has 2 aromatic heterocycles. The summed E-state index contributed by atoms with van der Waals surface area (Å²) in [6.07, 6.45) is -2.44. The molecule has 2 heterocycles. The molecule has 0 radical (unpaired) electrons. The molecule has 6 nitrogen and oxygen atoms in total. The Hall–Kier alpha value is -2.58. The average Bonchev–Trinajstić information content (AvgIpc) is 2.87. The Morgan fingerprint density at radius 1 is 1.36 bits per heavy atom. The zero-order valence-electron chi connectivity index (χ0n) is 13.8. The molecular formula is C16H18F3N3O3. The number of halogens is 3. The van der Waals surface area contributed by atoms with E-state index in [4.69, 9.17) is 4.52 Å². The van der Waals surface area contributed by atoms with Crippen molar-refractivity contribution in [1.82, 2.24) is 15.5 Å². The number of amides is 1. The maximum atomic E-state index is 12.3. The number of rotatable bonds is 7. The number of alkyl halides is 3. The molecule has 0 saturated heterocycles. The van der Waals surface area contributed by atoms with Crippen molar-refractivity contribution in [3.63, 3.8) is 0 Å². The van der Waals surface area contributed by atoms with E-state index in [-0.39, 0.29) is 24.8 Å². The number of aryl methyl sites for hydroxylation is 2. The summed E-state index contributed by atoms with van der Waals surface area (Å²) in [5, 5.41) is 6.46. The lowest BCUT2D eigenvalue weighted by atomic mass is 10.1. The molecule has 0 saturated carbocycles. The van der Waals surface area contributed by atoms with Crippen molar-refractivity contribution in [3.05, 3.63) is 40.9 Å². The van der Waals surface area contributed by atoms with Crippen LogP contribution < -0.4 is 10.1 Å². The van der Waals surface area contributed by atoms with Gasteiger partial charge in [0.15, 0.2) is 6.61 Å². The van der Waals surface area contributed by atoms with Gasteiger partial charge in [-0.1, -0.05) is 11.2 Å². The molecule has 0 atom stereocenters. The predicted molar refractivity (Wildman–Crippen MR) is 81.9 cm³/mol. The molecule has 0 unspecified atom stereocenters. The van der Waals surface area contributed by atoms with Gasteiger partial charge in [0.05, 0.1) is 5.69 Å². The van der Waals surface area contributed by atoms with Crippen LogP contribution >= 0.6 is 0 Å². The standard InChI is InChI=1S/C16H18F3N3O3/c1-10-13(11(2)25-22-10)5-6-14(23)21-8-12-4-3-7-20-15(12)24-9-16(17,18)19/h3-4,7H,5-6,8-9H2,1-2H3,(H,21,23). The topological polar surface area (TPSA) is 77.3 Å². The second-order valence-corrected chi connectivity index (χ2v) is 5.45. The fourth-order valence-electron chi connectivity index (χ4n) is 2.22. The molecule has 2 rings (SSSR count). The molecule has 2 aromatic rings. The molecule has 0 aliphatic heterocycles. The molecule has 0 aromatic carbocycles. The quantitative estimate of drug-likeness (QED) is 0.824. The Labute approximate surface area is 142 Å². The highest BCUT2D eigenvalue weighted by Crippen LogP contribution is 2.20. The maximum absolute atomic E-state index is 12.3. The van der Waals surface area contributed by atoms with Crippen LogP contribution in [0.3, 0.4) is 0 Å². The monoisotopic (exact) mass is 357 g/mol. The van der Waals surface area contributed by atoms with Gasteiger partial charge in [-0.25, -0.2) is 4.98 Å². The third kappa shape index (κ3) is 5.77. The molecule has 25 heavy (non-hydrogen) atoms. The van der Waals surface area contributed by atoms with Gasteiger partial charge in [0.25, 0.3) is 0 Å². The molecule has 1 N–H and O–H groups in total. The average molecular weight is 357 g/mol. The number of hydrogen-bond acceptors (Lipinski definition) is 5. The number of nitrogens with one attached hydrogen (secondary N) is 1. The van der Waals surface area contributed by atoms with E-state index in [9.17, 15) is 18.0 Å². The van der Waals surface area contributed by atoms with E-state index in [0.29, 0.717) is 17.7 Å². The zero-order valence-corrected chi connectivity index (χ0v) is 13.8. The minimum Gasteiger partial charge on any atom is -0.468 e. The first-order valence-corrected chi connectivity index (χ1v) is 7.58. The van der Waals surface area contributed by atoms with Crippen LogP contribution in [0.1, 0.15) is 29.0 Å². The smallest absolute Gasteiger partial charge is 0.422 e. The molecule has 0 aliphatic rings. The molecule has 0 fully saturated rings. The summed E-state index contributed by atoms with van der Waals surface area (Å²) in [6.45, 7) is 2.16. The highest BCUT2D eigenvalue weighted by molar-refractivity contribution is 5.76. The van der Waals surface area contributed by atoms with Gasteiger partial charge in [-0.15, -0.1) is 0 Å². The van der Waals surface area contributed by atoms with Crippen molar-refractivity contribution in [2.24, 2.45) is 0 Å². The van der Waals surface area contributed by atoms with Crippen molar-refractivity contribution in [2.45, 2.75) is 39.4 Å². The summed E-state index contributed by atoms with van der Waals surface area (Å²) < 4.78 is 46.5. The number of carbonyl (C=O) groups is 1. The van der Waals surface area contributed by atoms with Crippen LogP contribution in [0.25, 0.3) is 0 Å². The summed E-state index contributed by atoms with van der Waals surface area (Å²) in [5.74, 6) is 0.275. The van der Waals surface area contributed by atoms with Crippen LogP contribution in [0.15, 0.2) is 22.9 Å². The first-order valence-electron chi connectivity index (χ1n) is 7.58. The number of hydrogen-bond donors (Lipinski definition) is 1. The third-order valence-electron chi connectivity index (χ3n) is 3.48. The fraction of sp³-hybridized carbons (Fsp3) is 0.438. The summed E-state index contributed by atoms with van der Waals surface area (Å²) in [7, 11) is 0. The van der Waals surface area contributed by atoms with E-state index < -0.39 is 12.8 Å². The minimum absolute atomic E-state index is 0.0292. The number of pyridine rings is 1. The Morgan fingerprint density at radius 2 is 2.12 bits per heavy atom. The lowest BCUT2D eigenvalue weighted by molar-refractivity contribution is -0.154. The van der Waals surface area contributed by atoms with Gasteiger partial charge >= 0.3 is 6.18 Å². The maximum Gasteiger partial charge on any atom is 0.422 e. The largest absolute Gasteiger partial charge is 0.468 e. The highest BCUT2D eigenvalue weighted by Gasteiger charge is 2.29. The lowest BCUT2D eigenvalue weighted by Gasteiger charge is -2.12. The van der Waals surface area contributed by atoms with E-state index in [1.54, 1.807) is 26.0 Å². The van der Waals surface area contributed by atoms with Gasteiger partial charge in [-0.2, -0.15) is 13.2 Å². The molecule has 9 heteroatoms. The molecule has 1 amide bonds. The van der Waals surface area contributed by atoms with Crippen LogP contribution in [0.4, 0.5) is 13.2 Å². The van der Waals surface area contributed by atoms with Crippen molar-refractivity contribution < 1.29 is 27.2 Å². The van der Waals surface area contributed by atoms with E-state index in [0.717, 1.165) is 11.3 Å². The normalized spacial score (nSPS) is 11.4. The Morgan fingerprint density at radius 3 is 2.76 bits per heavy atom. The molecule has 0 aliphatic carbocycles. The summed E-state index contributed by atoms with van der Waals surface area (Å²) >= 11 is 0. The summed E-state index contributed by atoms with van der Waals surface area (Å²) in [5.41, 5.74) is 1.99. The van der Waals surface area contributed by atoms with Crippen LogP contribution in [-0.2, 0) is 17.8 Å². The number of ether oxygens (including phenoxy) is 1. The van der Waals surface area contributed by atoms with Crippen LogP contribution in [-0.4, -0.2) is 28.8 Å². The van der Waals surface area contributed by atoms with Crippen LogP contribution in [0.2, 0.25) is 0 Å². The second kappa shape index (κ2) is 8.00. The van der Waals surface area contributed by atoms with Crippen molar-refractivity contribution in [3.8, 4) is 5.88 Å². The van der Waals surface area contributed by atoms with Crippen LogP contribution in [0, 0.1) is 13.8 Å². The lowest BCUT2D eigenvalue weighted by Crippen LogP contribution is -2.24. The predicted octanol–water partition coefficient (Wildman–Crippen LogP) is 2.88. The number of nitrogens with zero attached hydrogens (tertiary/aromatic N) is 2. The molecule has 0 spiro atoms. The summed E-state index contributed by atoms with van der Waals surface area (Å²) in [6, 6.07) is 3.11. The van der Waals surface area contributed by atoms with Gasteiger partial charge in [0, 0.05) is 30.3 Å². The van der Waals surface area contributed by atoms with Crippen LogP contribution in [0.5, 0.6) is 5.88 Å². The number of carbonyl (C=O) groups excluding carboxylic acids is 1. The van der Waals surface area contributed by atoms with Gasteiger partial charge in [0.2, 0.25) is 11.8 Å². The zero-order chi connectivity index (χ0) is 18.4. The molecular weight excluding hydrogens is 339 g/mol. The van der Waals surface area contributed by atoms with Crippen molar-refractivity contribution in [1.29, 1.82) is 0 Å². The minimum atomic E-state index is -4.45. The van der Waals surface area contributed by atoms with Gasteiger partial charge in [-0.05, 0) is 26.3 Å². The third-order valence-corrected chi connectivity index (χ3v) is 3.48. The second-order valence-electron chi connectivity index (χ2n) is 5.45. The van der Waals surface area contributed by atoms with E-state index in [1.165, 1.54) is 6.20 Å². The van der Waals surface area contributed by atoms with Gasteiger partial charge < -0.3 is 14.6 Å². The van der Waals surface area contributed by atoms with E-state index in [1.807, 2.05) is 0 Å². The highest BCUT2D eigenvalue weighted by atomic mass is 19.4. The SMILES string of the molecule is Cc1noc(C)c1CCC(=O)NCc1cccnc1OCC(F)(F)F. The Kier molecular flexibility index (Phi) is 6.00. The fourth-order valence-corrected chi connectivity index (χ4v) is 2.22. The van der Waals surface area contributed by atoms with Crippen molar-refractivity contribution >= 4 is 5.91 Å². The first kappa shape index (κ1) is 18.8. The van der Waals surface area contributed by atoms with E-state index >= 15 is 0 Å². The molecule has 0 bridgehead atoms. The molecule has 136 valence electrons. The Bertz CT molecular complexity index is 709. The van der Waals surface area contributed by atoms with Gasteiger partial charge in [-0.3, -0.25) is 4.79 Å². The van der Waals surface area contributed by atoms with Gasteiger partial charge in [0.1, 0.15) is 5.76 Å². The summed E-state index contributed by atoms with van der Waals surface area (Å²) in [4.78, 5) is 15.7. The Balaban J connectivity index is 1.87. The first-order chi connectivity index (χ1) is 11.8. The van der Waals surface area contributed by atoms with Crippen molar-refractivity contribution in [2.75, 3.05) is 6.61 Å². The number of aromatic nitrogens is 2.